The number of aromatic nitrogens is 1. The van der Waals surface area contributed by atoms with Gasteiger partial charge < -0.3 is 25.8 Å². The summed E-state index contributed by atoms with van der Waals surface area (Å²) in [4.78, 5) is 16.8. The van der Waals surface area contributed by atoms with Crippen molar-refractivity contribution in [2.24, 2.45) is 0 Å². The number of nitrogens with one attached hydrogen (secondary N) is 3. The number of carbonyl (C=O) groups excluding carboxylic acids is 1. The number of pyridine rings is 1. The topological polar surface area (TPSA) is 95.5 Å². The van der Waals surface area contributed by atoms with Crippen molar-refractivity contribution in [3.05, 3.63) is 59.3 Å². The lowest BCUT2D eigenvalue weighted by atomic mass is 9.93. The first-order valence-electron chi connectivity index (χ1n) is 10.3. The van der Waals surface area contributed by atoms with E-state index in [-0.39, 0.29) is 24.6 Å². The highest BCUT2D eigenvalue weighted by Crippen LogP contribution is 2.18. The molecular formula is C22H28N4O3. The minimum atomic E-state index is -0.667. The molecule has 1 amide bonds. The lowest BCUT2D eigenvalue weighted by Gasteiger charge is -2.30. The molecule has 0 radical (unpaired) electrons. The van der Waals surface area contributed by atoms with Crippen LogP contribution in [-0.2, 0) is 13.0 Å². The fraction of sp³-hybridized carbons (Fsp3) is 0.455. The predicted octanol–water partition coefficient (Wildman–Crippen LogP) is 1.02. The van der Waals surface area contributed by atoms with E-state index in [1.165, 1.54) is 11.1 Å². The SMILES string of the molecule is O=C(NCC(O)C1Cc2ccccc2CN1)c1ccnc(OC2CCNCC2)c1. The van der Waals surface area contributed by atoms with Crippen molar-refractivity contribution in [2.45, 2.75) is 44.1 Å². The molecule has 1 saturated heterocycles. The largest absolute Gasteiger partial charge is 0.474 e. The number of piperidine rings is 1. The number of aliphatic hydroxyl groups excluding tert-OH is 1. The van der Waals surface area contributed by atoms with Crippen molar-refractivity contribution in [3.8, 4) is 5.88 Å². The van der Waals surface area contributed by atoms with Crippen molar-refractivity contribution in [1.29, 1.82) is 0 Å². The van der Waals surface area contributed by atoms with Crippen LogP contribution in [0.25, 0.3) is 0 Å². The lowest BCUT2D eigenvalue weighted by Crippen LogP contribution is -2.49. The highest BCUT2D eigenvalue weighted by atomic mass is 16.5. The minimum absolute atomic E-state index is 0.0820. The molecule has 2 aliphatic heterocycles. The van der Waals surface area contributed by atoms with Crippen molar-refractivity contribution in [1.82, 2.24) is 20.9 Å². The first-order chi connectivity index (χ1) is 14.2. The van der Waals surface area contributed by atoms with E-state index in [0.29, 0.717) is 11.4 Å². The van der Waals surface area contributed by atoms with E-state index >= 15 is 0 Å². The molecule has 154 valence electrons. The Bertz CT molecular complexity index is 838. The number of hydrogen-bond donors (Lipinski definition) is 4. The Labute approximate surface area is 170 Å². The van der Waals surface area contributed by atoms with Crippen molar-refractivity contribution >= 4 is 5.91 Å². The summed E-state index contributed by atoms with van der Waals surface area (Å²) in [6.45, 7) is 2.78. The fourth-order valence-corrected chi connectivity index (χ4v) is 3.89. The molecule has 29 heavy (non-hydrogen) atoms. The van der Waals surface area contributed by atoms with Gasteiger partial charge in [0.1, 0.15) is 6.10 Å². The Kier molecular flexibility index (Phi) is 6.39. The molecule has 4 rings (SSSR count). The average Bonchev–Trinajstić information content (AvgIpc) is 2.77. The second-order valence-electron chi connectivity index (χ2n) is 7.69. The van der Waals surface area contributed by atoms with Crippen LogP contribution in [0.1, 0.15) is 34.3 Å². The molecule has 7 heteroatoms. The molecule has 1 fully saturated rings. The summed E-state index contributed by atoms with van der Waals surface area (Å²) in [5, 5.41) is 20.0. The number of nitrogens with zero attached hydrogens (tertiary/aromatic N) is 1. The molecule has 7 nitrogen and oxygen atoms in total. The van der Waals surface area contributed by atoms with Crippen LogP contribution in [0.2, 0.25) is 0 Å². The van der Waals surface area contributed by atoms with E-state index in [2.05, 4.69) is 33.1 Å². The first-order valence-corrected chi connectivity index (χ1v) is 10.3. The number of aliphatic hydroxyl groups is 1. The second kappa shape index (κ2) is 9.35. The van der Waals surface area contributed by atoms with Crippen molar-refractivity contribution < 1.29 is 14.6 Å². The number of hydrogen-bond acceptors (Lipinski definition) is 6. The van der Waals surface area contributed by atoms with Crippen LogP contribution in [0.5, 0.6) is 5.88 Å². The van der Waals surface area contributed by atoms with Crippen LogP contribution in [0.3, 0.4) is 0 Å². The summed E-state index contributed by atoms with van der Waals surface area (Å²) >= 11 is 0. The van der Waals surface area contributed by atoms with E-state index in [1.807, 2.05) is 12.1 Å². The standard InChI is InChI=1S/C22H28N4O3/c27-20(19-11-15-3-1-2-4-17(15)13-25-19)14-26-22(28)16-5-10-24-21(12-16)29-18-6-8-23-9-7-18/h1-5,10,12,18-20,23,25,27H,6-9,11,13-14H2,(H,26,28). The van der Waals surface area contributed by atoms with Crippen LogP contribution < -0.4 is 20.7 Å². The summed E-state index contributed by atoms with van der Waals surface area (Å²) < 4.78 is 5.91. The third-order valence-corrected chi connectivity index (χ3v) is 5.62. The predicted molar refractivity (Wildman–Crippen MR) is 110 cm³/mol. The van der Waals surface area contributed by atoms with E-state index < -0.39 is 6.10 Å². The van der Waals surface area contributed by atoms with Gasteiger partial charge >= 0.3 is 0 Å². The number of carbonyl (C=O) groups is 1. The third-order valence-electron chi connectivity index (χ3n) is 5.62. The maximum atomic E-state index is 12.5. The number of benzene rings is 1. The van der Waals surface area contributed by atoms with Crippen molar-refractivity contribution in [2.75, 3.05) is 19.6 Å². The summed E-state index contributed by atoms with van der Waals surface area (Å²) in [6.07, 6.45) is 3.66. The van der Waals surface area contributed by atoms with Crippen LogP contribution in [-0.4, -0.2) is 53.9 Å². The van der Waals surface area contributed by atoms with Crippen LogP contribution in [0.4, 0.5) is 0 Å². The van der Waals surface area contributed by atoms with Gasteiger partial charge in [-0.05, 0) is 49.5 Å². The molecule has 2 aliphatic rings. The zero-order valence-corrected chi connectivity index (χ0v) is 16.4. The van der Waals surface area contributed by atoms with E-state index in [1.54, 1.807) is 18.3 Å². The lowest BCUT2D eigenvalue weighted by molar-refractivity contribution is 0.0868. The molecule has 2 aromatic rings. The van der Waals surface area contributed by atoms with Gasteiger partial charge in [-0.2, -0.15) is 0 Å². The third kappa shape index (κ3) is 5.12. The molecule has 2 atom stereocenters. The molecule has 0 bridgehead atoms. The zero-order chi connectivity index (χ0) is 20.1. The summed E-state index contributed by atoms with van der Waals surface area (Å²) in [6, 6.07) is 11.5. The van der Waals surface area contributed by atoms with Gasteiger partial charge in [0.2, 0.25) is 5.88 Å². The number of ether oxygens (including phenoxy) is 1. The van der Waals surface area contributed by atoms with Gasteiger partial charge in [-0.1, -0.05) is 24.3 Å². The van der Waals surface area contributed by atoms with Gasteiger partial charge in [0, 0.05) is 37.0 Å². The summed E-state index contributed by atoms with van der Waals surface area (Å²) in [5.41, 5.74) is 2.99. The molecule has 0 saturated carbocycles. The van der Waals surface area contributed by atoms with E-state index in [9.17, 15) is 9.90 Å². The smallest absolute Gasteiger partial charge is 0.251 e. The Morgan fingerprint density at radius 3 is 2.86 bits per heavy atom. The highest BCUT2D eigenvalue weighted by Gasteiger charge is 2.24. The van der Waals surface area contributed by atoms with E-state index in [0.717, 1.165) is 38.9 Å². The summed E-state index contributed by atoms with van der Waals surface area (Å²) in [7, 11) is 0. The molecule has 1 aromatic heterocycles. The Morgan fingerprint density at radius 1 is 1.24 bits per heavy atom. The van der Waals surface area contributed by atoms with Gasteiger partial charge in [-0.3, -0.25) is 4.79 Å². The molecule has 1 aromatic carbocycles. The van der Waals surface area contributed by atoms with Gasteiger partial charge in [0.15, 0.2) is 0 Å². The molecule has 0 aliphatic carbocycles. The monoisotopic (exact) mass is 396 g/mol. The molecular weight excluding hydrogens is 368 g/mol. The Balaban J connectivity index is 1.30. The van der Waals surface area contributed by atoms with Gasteiger partial charge in [-0.15, -0.1) is 0 Å². The van der Waals surface area contributed by atoms with E-state index in [4.69, 9.17) is 4.74 Å². The fourth-order valence-electron chi connectivity index (χ4n) is 3.89. The van der Waals surface area contributed by atoms with Gasteiger partial charge in [0.05, 0.1) is 6.10 Å². The molecule has 4 N–H and O–H groups in total. The normalized spacial score (nSPS) is 20.5. The molecule has 0 spiro atoms. The van der Waals surface area contributed by atoms with Crippen LogP contribution in [0.15, 0.2) is 42.6 Å². The average molecular weight is 396 g/mol. The Hall–Kier alpha value is -2.48. The van der Waals surface area contributed by atoms with Crippen LogP contribution >= 0.6 is 0 Å². The number of amides is 1. The number of fused-ring (bicyclic) bond motifs is 1. The second-order valence-corrected chi connectivity index (χ2v) is 7.69. The molecule has 3 heterocycles. The summed E-state index contributed by atoms with van der Waals surface area (Å²) in [5.74, 6) is 0.230. The number of rotatable bonds is 6. The zero-order valence-electron chi connectivity index (χ0n) is 16.4. The maximum Gasteiger partial charge on any atom is 0.251 e. The Morgan fingerprint density at radius 2 is 2.03 bits per heavy atom. The quantitative estimate of drug-likeness (QED) is 0.582. The maximum absolute atomic E-state index is 12.5. The van der Waals surface area contributed by atoms with Crippen molar-refractivity contribution in [3.63, 3.8) is 0 Å². The molecule has 2 unspecified atom stereocenters. The highest BCUT2D eigenvalue weighted by molar-refractivity contribution is 5.94. The van der Waals surface area contributed by atoms with Gasteiger partial charge in [0.25, 0.3) is 5.91 Å². The minimum Gasteiger partial charge on any atom is -0.474 e. The first kappa shape index (κ1) is 19.8. The van der Waals surface area contributed by atoms with Crippen LogP contribution in [0, 0.1) is 0 Å². The van der Waals surface area contributed by atoms with Gasteiger partial charge in [-0.25, -0.2) is 4.98 Å².